The third kappa shape index (κ3) is 5.03. The Morgan fingerprint density at radius 2 is 1.04 bits per heavy atom. The van der Waals surface area contributed by atoms with Crippen molar-refractivity contribution in [3.63, 3.8) is 0 Å². The van der Waals surface area contributed by atoms with Crippen molar-refractivity contribution >= 4 is 64.4 Å². The molecule has 11 rings (SSSR count). The van der Waals surface area contributed by atoms with Gasteiger partial charge in [-0.3, -0.25) is 0 Å². The van der Waals surface area contributed by atoms with E-state index in [0.717, 1.165) is 71.1 Å². The summed E-state index contributed by atoms with van der Waals surface area (Å²) in [5, 5.41) is 5.60. The molecule has 0 aliphatic heterocycles. The van der Waals surface area contributed by atoms with Crippen LogP contribution in [0.15, 0.2) is 186 Å². The number of benzene rings is 8. The van der Waals surface area contributed by atoms with E-state index in [1.54, 1.807) is 11.3 Å². The van der Waals surface area contributed by atoms with Gasteiger partial charge in [0.2, 0.25) is 0 Å². The molecule has 0 radical (unpaired) electrons. The van der Waals surface area contributed by atoms with E-state index in [4.69, 9.17) is 14.4 Å². The lowest BCUT2D eigenvalue weighted by molar-refractivity contribution is 0.670. The van der Waals surface area contributed by atoms with Crippen LogP contribution in [0, 0.1) is 0 Å². The summed E-state index contributed by atoms with van der Waals surface area (Å²) in [6, 6.07) is 64.3. The topological polar surface area (TPSA) is 38.9 Å². The summed E-state index contributed by atoms with van der Waals surface area (Å²) in [5.41, 5.74) is 12.5. The highest BCUT2D eigenvalue weighted by atomic mass is 32.1. The number of hydrogen-bond acceptors (Lipinski definition) is 4. The van der Waals surface area contributed by atoms with Crippen LogP contribution in [0.1, 0.15) is 0 Å². The normalized spacial score (nSPS) is 11.7. The highest BCUT2D eigenvalue weighted by Crippen LogP contribution is 2.44. The Hall–Kier alpha value is -6.88. The molecule has 0 aliphatic rings. The van der Waals surface area contributed by atoms with E-state index in [1.165, 1.54) is 32.2 Å². The molecule has 3 heterocycles. The standard InChI is InChI=1S/C50H30N2OS/c1-3-12-31(13-4-1)33-16-9-17-38(30-33)46-49-47(40-18-7-8-23-44(40)54-49)52-50(51-46)42-21-11-22-43-45(42)41-20-10-19-39(48(41)53-43)37-27-26-35-28-34(24-25-36(35)29-37)32-14-5-2-6-15-32/h1-30H. The Kier molecular flexibility index (Phi) is 7.04. The second kappa shape index (κ2) is 12.4. The van der Waals surface area contributed by atoms with Gasteiger partial charge < -0.3 is 4.42 Å². The second-order valence-corrected chi connectivity index (χ2v) is 14.8. The van der Waals surface area contributed by atoms with Crippen molar-refractivity contribution in [1.82, 2.24) is 9.97 Å². The highest BCUT2D eigenvalue weighted by molar-refractivity contribution is 7.26. The SMILES string of the molecule is c1ccc(-c2cccc(-c3nc(-c4cccc5oc6c(-c7ccc8cc(-c9ccccc9)ccc8c7)cccc6c45)nc4c3sc3ccccc34)c2)cc1. The summed E-state index contributed by atoms with van der Waals surface area (Å²) in [6.45, 7) is 0. The van der Waals surface area contributed by atoms with Gasteiger partial charge in [-0.2, -0.15) is 0 Å². The van der Waals surface area contributed by atoms with Gasteiger partial charge in [-0.25, -0.2) is 9.97 Å². The molecule has 0 aliphatic carbocycles. The zero-order valence-corrected chi connectivity index (χ0v) is 29.8. The van der Waals surface area contributed by atoms with Crippen LogP contribution in [0.25, 0.3) is 109 Å². The predicted molar refractivity (Wildman–Crippen MR) is 227 cm³/mol. The van der Waals surface area contributed by atoms with Gasteiger partial charge in [-0.15, -0.1) is 11.3 Å². The lowest BCUT2D eigenvalue weighted by atomic mass is 9.96. The van der Waals surface area contributed by atoms with Crippen molar-refractivity contribution in [3.8, 4) is 56.0 Å². The number of fused-ring (bicyclic) bond motifs is 7. The first kappa shape index (κ1) is 30.7. The molecular weight excluding hydrogens is 677 g/mol. The molecule has 0 bridgehead atoms. The number of nitrogens with zero attached hydrogens (tertiary/aromatic N) is 2. The molecule has 3 aromatic heterocycles. The molecule has 0 atom stereocenters. The fraction of sp³-hybridized carbons (Fsp3) is 0. The minimum Gasteiger partial charge on any atom is -0.455 e. The minimum absolute atomic E-state index is 0.685. The zero-order valence-electron chi connectivity index (χ0n) is 29.0. The van der Waals surface area contributed by atoms with Gasteiger partial charge in [0.05, 0.1) is 15.9 Å². The van der Waals surface area contributed by atoms with Gasteiger partial charge >= 0.3 is 0 Å². The predicted octanol–water partition coefficient (Wildman–Crippen LogP) is 14.2. The van der Waals surface area contributed by atoms with Gasteiger partial charge in [-0.05, 0) is 68.9 Å². The van der Waals surface area contributed by atoms with Crippen molar-refractivity contribution in [2.24, 2.45) is 0 Å². The molecule has 0 unspecified atom stereocenters. The first-order valence-electron chi connectivity index (χ1n) is 18.1. The molecular formula is C50H30N2OS. The van der Waals surface area contributed by atoms with Crippen LogP contribution < -0.4 is 0 Å². The first-order chi connectivity index (χ1) is 26.7. The second-order valence-electron chi connectivity index (χ2n) is 13.7. The molecule has 252 valence electrons. The van der Waals surface area contributed by atoms with Crippen LogP contribution >= 0.6 is 11.3 Å². The van der Waals surface area contributed by atoms with E-state index in [-0.39, 0.29) is 0 Å². The molecule has 0 saturated carbocycles. The molecule has 11 aromatic rings. The Morgan fingerprint density at radius 3 is 1.85 bits per heavy atom. The van der Waals surface area contributed by atoms with Crippen LogP contribution in [-0.2, 0) is 0 Å². The quantitative estimate of drug-likeness (QED) is 0.179. The fourth-order valence-corrected chi connectivity index (χ4v) is 9.02. The third-order valence-corrected chi connectivity index (χ3v) is 11.7. The Morgan fingerprint density at radius 1 is 0.426 bits per heavy atom. The lowest BCUT2D eigenvalue weighted by Crippen LogP contribution is -1.94. The van der Waals surface area contributed by atoms with E-state index in [9.17, 15) is 0 Å². The van der Waals surface area contributed by atoms with Gasteiger partial charge in [0.15, 0.2) is 5.82 Å². The molecule has 54 heavy (non-hydrogen) atoms. The van der Waals surface area contributed by atoms with Crippen LogP contribution in [-0.4, -0.2) is 9.97 Å². The van der Waals surface area contributed by atoms with E-state index in [0.29, 0.717) is 5.82 Å². The van der Waals surface area contributed by atoms with E-state index in [2.05, 4.69) is 182 Å². The number of para-hydroxylation sites is 1. The number of aromatic nitrogens is 2. The molecule has 8 aromatic carbocycles. The van der Waals surface area contributed by atoms with Gasteiger partial charge in [0.25, 0.3) is 0 Å². The van der Waals surface area contributed by atoms with Gasteiger partial charge in [0, 0.05) is 37.5 Å². The summed E-state index contributed by atoms with van der Waals surface area (Å²) >= 11 is 1.75. The van der Waals surface area contributed by atoms with E-state index < -0.39 is 0 Å². The highest BCUT2D eigenvalue weighted by Gasteiger charge is 2.21. The Labute approximate surface area is 315 Å². The van der Waals surface area contributed by atoms with Crippen LogP contribution in [0.4, 0.5) is 0 Å². The fourth-order valence-electron chi connectivity index (χ4n) is 7.87. The van der Waals surface area contributed by atoms with Crippen molar-refractivity contribution in [1.29, 1.82) is 0 Å². The average molecular weight is 707 g/mol. The molecule has 0 N–H and O–H groups in total. The maximum absolute atomic E-state index is 6.76. The smallest absolute Gasteiger partial charge is 0.161 e. The molecule has 0 saturated heterocycles. The summed E-state index contributed by atoms with van der Waals surface area (Å²) in [5.74, 6) is 0.685. The van der Waals surface area contributed by atoms with Crippen molar-refractivity contribution < 1.29 is 4.42 Å². The zero-order chi connectivity index (χ0) is 35.6. The maximum atomic E-state index is 6.76. The number of furan rings is 1. The monoisotopic (exact) mass is 706 g/mol. The summed E-state index contributed by atoms with van der Waals surface area (Å²) in [7, 11) is 0. The number of rotatable bonds is 5. The third-order valence-electron chi connectivity index (χ3n) is 10.5. The van der Waals surface area contributed by atoms with Crippen molar-refractivity contribution in [2.45, 2.75) is 0 Å². The van der Waals surface area contributed by atoms with Crippen molar-refractivity contribution in [3.05, 3.63) is 182 Å². The summed E-state index contributed by atoms with van der Waals surface area (Å²) in [6.07, 6.45) is 0. The molecule has 3 nitrogen and oxygen atoms in total. The lowest BCUT2D eigenvalue weighted by Gasteiger charge is -2.10. The van der Waals surface area contributed by atoms with Crippen LogP contribution in [0.2, 0.25) is 0 Å². The van der Waals surface area contributed by atoms with Gasteiger partial charge in [0.1, 0.15) is 11.2 Å². The van der Waals surface area contributed by atoms with E-state index >= 15 is 0 Å². The Bertz CT molecular complexity index is 3220. The molecule has 0 amide bonds. The summed E-state index contributed by atoms with van der Waals surface area (Å²) in [4.78, 5) is 10.7. The van der Waals surface area contributed by atoms with Crippen LogP contribution in [0.3, 0.4) is 0 Å². The molecule has 4 heteroatoms. The largest absolute Gasteiger partial charge is 0.455 e. The molecule has 0 spiro atoms. The number of thiophene rings is 1. The molecule has 0 fully saturated rings. The van der Waals surface area contributed by atoms with E-state index in [1.807, 2.05) is 0 Å². The maximum Gasteiger partial charge on any atom is 0.161 e. The van der Waals surface area contributed by atoms with Crippen LogP contribution in [0.5, 0.6) is 0 Å². The average Bonchev–Trinajstić information content (AvgIpc) is 3.82. The van der Waals surface area contributed by atoms with Crippen molar-refractivity contribution in [2.75, 3.05) is 0 Å². The van der Waals surface area contributed by atoms with Gasteiger partial charge in [-0.1, -0.05) is 152 Å². The first-order valence-corrected chi connectivity index (χ1v) is 19.0. The Balaban J connectivity index is 1.09. The minimum atomic E-state index is 0.685. The summed E-state index contributed by atoms with van der Waals surface area (Å²) < 4.78 is 9.04. The number of hydrogen-bond donors (Lipinski definition) is 0.